The van der Waals surface area contributed by atoms with Crippen LogP contribution in [0.1, 0.15) is 110 Å². The molecule has 0 saturated carbocycles. The molecule has 0 radical (unpaired) electrons. The monoisotopic (exact) mass is 312 g/mol. The van der Waals surface area contributed by atoms with Gasteiger partial charge in [-0.3, -0.25) is 0 Å². The van der Waals surface area contributed by atoms with Crippen molar-refractivity contribution in [3.05, 3.63) is 0 Å². The molecular formula is C20H40O2. The van der Waals surface area contributed by atoms with Crippen molar-refractivity contribution in [2.24, 2.45) is 0 Å². The van der Waals surface area contributed by atoms with E-state index in [1.54, 1.807) is 0 Å². The minimum absolute atomic E-state index is 0.435. The SMILES string of the molecule is CCC(C)OCCCCCCCCCCCCCCCC=O. The van der Waals surface area contributed by atoms with Crippen molar-refractivity contribution in [1.29, 1.82) is 0 Å². The number of hydrogen-bond acceptors (Lipinski definition) is 2. The van der Waals surface area contributed by atoms with Gasteiger partial charge in [0.25, 0.3) is 0 Å². The number of carbonyl (C=O) groups is 1. The lowest BCUT2D eigenvalue weighted by atomic mass is 10.0. The summed E-state index contributed by atoms with van der Waals surface area (Å²) in [5.74, 6) is 0. The summed E-state index contributed by atoms with van der Waals surface area (Å²) in [6.07, 6.45) is 20.7. The van der Waals surface area contributed by atoms with Crippen LogP contribution in [0.5, 0.6) is 0 Å². The average Bonchev–Trinajstić information content (AvgIpc) is 2.54. The molecule has 2 heteroatoms. The van der Waals surface area contributed by atoms with Gasteiger partial charge < -0.3 is 9.53 Å². The van der Waals surface area contributed by atoms with Gasteiger partial charge in [-0.1, -0.05) is 77.6 Å². The molecule has 0 aromatic heterocycles. The minimum atomic E-state index is 0.435. The van der Waals surface area contributed by atoms with E-state index in [1.807, 2.05) is 0 Å². The van der Waals surface area contributed by atoms with Crippen molar-refractivity contribution in [1.82, 2.24) is 0 Å². The minimum Gasteiger partial charge on any atom is -0.379 e. The molecule has 0 spiro atoms. The number of rotatable bonds is 18. The molecule has 0 rings (SSSR count). The maximum absolute atomic E-state index is 10.2. The fraction of sp³-hybridized carbons (Fsp3) is 0.950. The molecule has 1 atom stereocenters. The normalized spacial score (nSPS) is 12.5. The van der Waals surface area contributed by atoms with Crippen LogP contribution in [0.4, 0.5) is 0 Å². The van der Waals surface area contributed by atoms with E-state index in [2.05, 4.69) is 13.8 Å². The molecule has 132 valence electrons. The zero-order chi connectivity index (χ0) is 16.3. The van der Waals surface area contributed by atoms with E-state index in [0.717, 1.165) is 32.2 Å². The van der Waals surface area contributed by atoms with Crippen LogP contribution in [0.3, 0.4) is 0 Å². The third-order valence-electron chi connectivity index (χ3n) is 4.44. The smallest absolute Gasteiger partial charge is 0.119 e. The second kappa shape index (κ2) is 18.7. The highest BCUT2D eigenvalue weighted by Gasteiger charge is 1.97. The van der Waals surface area contributed by atoms with Gasteiger partial charge in [0.2, 0.25) is 0 Å². The summed E-state index contributed by atoms with van der Waals surface area (Å²) in [5, 5.41) is 0. The van der Waals surface area contributed by atoms with Gasteiger partial charge in [0.05, 0.1) is 6.10 Å². The molecule has 0 heterocycles. The number of carbonyl (C=O) groups excluding carboxylic acids is 1. The van der Waals surface area contributed by atoms with E-state index in [4.69, 9.17) is 4.74 Å². The van der Waals surface area contributed by atoms with E-state index in [9.17, 15) is 4.79 Å². The zero-order valence-electron chi connectivity index (χ0n) is 15.3. The van der Waals surface area contributed by atoms with Gasteiger partial charge in [-0.15, -0.1) is 0 Å². The van der Waals surface area contributed by atoms with Gasteiger partial charge >= 0.3 is 0 Å². The van der Waals surface area contributed by atoms with Crippen LogP contribution in [0.2, 0.25) is 0 Å². The fourth-order valence-corrected chi connectivity index (χ4v) is 2.68. The predicted molar refractivity (Wildman–Crippen MR) is 96.4 cm³/mol. The van der Waals surface area contributed by atoms with Crippen LogP contribution in [0.25, 0.3) is 0 Å². The summed E-state index contributed by atoms with van der Waals surface area (Å²) in [6.45, 7) is 5.28. The first kappa shape index (κ1) is 21.6. The summed E-state index contributed by atoms with van der Waals surface area (Å²) >= 11 is 0. The van der Waals surface area contributed by atoms with E-state index in [-0.39, 0.29) is 0 Å². The van der Waals surface area contributed by atoms with Gasteiger partial charge in [0, 0.05) is 13.0 Å². The lowest BCUT2D eigenvalue weighted by molar-refractivity contribution is -0.107. The zero-order valence-corrected chi connectivity index (χ0v) is 15.3. The average molecular weight is 313 g/mol. The van der Waals surface area contributed by atoms with Gasteiger partial charge in [-0.05, 0) is 26.2 Å². The highest BCUT2D eigenvalue weighted by molar-refractivity contribution is 5.48. The molecule has 0 fully saturated rings. The molecular weight excluding hydrogens is 272 g/mol. The van der Waals surface area contributed by atoms with Gasteiger partial charge in [0.15, 0.2) is 0 Å². The van der Waals surface area contributed by atoms with E-state index < -0.39 is 0 Å². The Kier molecular flexibility index (Phi) is 18.4. The second-order valence-electron chi connectivity index (χ2n) is 6.64. The first-order valence-corrected chi connectivity index (χ1v) is 9.86. The molecule has 0 aromatic rings. The number of ether oxygens (including phenoxy) is 1. The second-order valence-corrected chi connectivity index (χ2v) is 6.64. The van der Waals surface area contributed by atoms with E-state index >= 15 is 0 Å². The van der Waals surface area contributed by atoms with Crippen molar-refractivity contribution in [2.45, 2.75) is 116 Å². The summed E-state index contributed by atoms with van der Waals surface area (Å²) in [5.41, 5.74) is 0. The van der Waals surface area contributed by atoms with Crippen LogP contribution < -0.4 is 0 Å². The van der Waals surface area contributed by atoms with Crippen LogP contribution in [0.15, 0.2) is 0 Å². The lowest BCUT2D eigenvalue weighted by Gasteiger charge is -2.09. The molecule has 0 saturated heterocycles. The Morgan fingerprint density at radius 3 is 1.55 bits per heavy atom. The third-order valence-corrected chi connectivity index (χ3v) is 4.44. The molecule has 0 N–H and O–H groups in total. The first-order chi connectivity index (χ1) is 10.8. The number of hydrogen-bond donors (Lipinski definition) is 0. The Balaban J connectivity index is 2.98. The molecule has 0 amide bonds. The third kappa shape index (κ3) is 17.7. The van der Waals surface area contributed by atoms with E-state index in [0.29, 0.717) is 6.10 Å². The van der Waals surface area contributed by atoms with Crippen LogP contribution >= 0.6 is 0 Å². The summed E-state index contributed by atoms with van der Waals surface area (Å²) in [6, 6.07) is 0. The standard InChI is InChI=1S/C20H40O2/c1-3-20(2)22-19-17-15-13-11-9-7-5-4-6-8-10-12-14-16-18-21/h18,20H,3-17,19H2,1-2H3. The maximum Gasteiger partial charge on any atom is 0.119 e. The van der Waals surface area contributed by atoms with Gasteiger partial charge in [-0.2, -0.15) is 0 Å². The molecule has 0 aromatic carbocycles. The first-order valence-electron chi connectivity index (χ1n) is 9.86. The summed E-state index contributed by atoms with van der Waals surface area (Å²) < 4.78 is 5.69. The Hall–Kier alpha value is -0.370. The number of aldehydes is 1. The van der Waals surface area contributed by atoms with Gasteiger partial charge in [-0.25, -0.2) is 0 Å². The Morgan fingerprint density at radius 1 is 0.727 bits per heavy atom. The molecule has 2 nitrogen and oxygen atoms in total. The molecule has 0 bridgehead atoms. The van der Waals surface area contributed by atoms with Crippen LogP contribution in [-0.2, 0) is 9.53 Å². The molecule has 0 aliphatic carbocycles. The largest absolute Gasteiger partial charge is 0.379 e. The van der Waals surface area contributed by atoms with Crippen molar-refractivity contribution in [2.75, 3.05) is 6.61 Å². The van der Waals surface area contributed by atoms with Crippen molar-refractivity contribution in [3.63, 3.8) is 0 Å². The Bertz CT molecular complexity index is 216. The van der Waals surface area contributed by atoms with Gasteiger partial charge in [0.1, 0.15) is 6.29 Å². The molecule has 0 aliphatic rings. The summed E-state index contributed by atoms with van der Waals surface area (Å²) in [4.78, 5) is 10.2. The van der Waals surface area contributed by atoms with Crippen molar-refractivity contribution < 1.29 is 9.53 Å². The maximum atomic E-state index is 10.2. The van der Waals surface area contributed by atoms with Crippen molar-refractivity contribution >= 4 is 6.29 Å². The quantitative estimate of drug-likeness (QED) is 0.214. The molecule has 22 heavy (non-hydrogen) atoms. The topological polar surface area (TPSA) is 26.3 Å². The Labute approximate surface area is 139 Å². The van der Waals surface area contributed by atoms with E-state index in [1.165, 1.54) is 77.0 Å². The highest BCUT2D eigenvalue weighted by atomic mass is 16.5. The molecule has 1 unspecified atom stereocenters. The fourth-order valence-electron chi connectivity index (χ4n) is 2.68. The van der Waals surface area contributed by atoms with Crippen molar-refractivity contribution in [3.8, 4) is 0 Å². The predicted octanol–water partition coefficient (Wildman–Crippen LogP) is 6.46. The molecule has 0 aliphatic heterocycles. The van der Waals surface area contributed by atoms with Crippen LogP contribution in [-0.4, -0.2) is 19.0 Å². The number of unbranched alkanes of at least 4 members (excludes halogenated alkanes) is 13. The lowest BCUT2D eigenvalue weighted by Crippen LogP contribution is -2.07. The summed E-state index contributed by atoms with van der Waals surface area (Å²) in [7, 11) is 0. The highest BCUT2D eigenvalue weighted by Crippen LogP contribution is 2.13. The Morgan fingerprint density at radius 2 is 1.14 bits per heavy atom. The van der Waals surface area contributed by atoms with Crippen LogP contribution in [0, 0.1) is 0 Å².